The third kappa shape index (κ3) is 4.27. The van der Waals surface area contributed by atoms with E-state index in [1.54, 1.807) is 28.8 Å². The summed E-state index contributed by atoms with van der Waals surface area (Å²) in [5.74, 6) is 0.875. The molecule has 0 radical (unpaired) electrons. The van der Waals surface area contributed by atoms with Crippen LogP contribution in [0.3, 0.4) is 0 Å². The number of hydrogen-bond donors (Lipinski definition) is 2. The van der Waals surface area contributed by atoms with Crippen LogP contribution in [0.1, 0.15) is 0 Å². The quantitative estimate of drug-likeness (QED) is 0.349. The summed E-state index contributed by atoms with van der Waals surface area (Å²) in [6.07, 6.45) is 0. The van der Waals surface area contributed by atoms with Crippen molar-refractivity contribution >= 4 is 51.5 Å². The summed E-state index contributed by atoms with van der Waals surface area (Å²) in [5.41, 5.74) is 7.70. The number of rotatable bonds is 5. The third-order valence-corrected chi connectivity index (χ3v) is 6.30. The Bertz CT molecular complexity index is 1630. The molecule has 5 aromatic rings. The van der Waals surface area contributed by atoms with E-state index in [9.17, 15) is 9.59 Å². The summed E-state index contributed by atoms with van der Waals surface area (Å²) in [4.78, 5) is 33.5. The monoisotopic (exact) mass is 531 g/mol. The van der Waals surface area contributed by atoms with Crippen LogP contribution in [0.25, 0.3) is 33.7 Å². The number of methoxy groups -OCH3 is 2. The van der Waals surface area contributed by atoms with Gasteiger partial charge in [-0.05, 0) is 18.2 Å². The molecule has 0 amide bonds. The highest BCUT2D eigenvalue weighted by Gasteiger charge is 2.19. The van der Waals surface area contributed by atoms with E-state index >= 15 is 0 Å². The van der Waals surface area contributed by atoms with Crippen LogP contribution in [0.4, 0.5) is 5.13 Å². The molecule has 0 fully saturated rings. The Morgan fingerprint density at radius 1 is 0.971 bits per heavy atom. The number of nitrogens with zero attached hydrogens (tertiary/aromatic N) is 3. The van der Waals surface area contributed by atoms with Crippen LogP contribution in [0.2, 0.25) is 5.15 Å². The van der Waals surface area contributed by atoms with Gasteiger partial charge in [-0.2, -0.15) is 0 Å². The average Bonchev–Trinajstić information content (AvgIpc) is 3.41. The van der Waals surface area contributed by atoms with E-state index in [1.165, 1.54) is 25.6 Å². The minimum Gasteiger partial charge on any atom is -0.497 e. The van der Waals surface area contributed by atoms with Crippen LogP contribution in [0.5, 0.6) is 11.5 Å². The van der Waals surface area contributed by atoms with Crippen molar-refractivity contribution in [2.75, 3.05) is 20.0 Å². The molecule has 0 saturated heterocycles. The number of benzene rings is 2. The first-order valence-electron chi connectivity index (χ1n) is 10.0. The smallest absolute Gasteiger partial charge is 0.333 e. The Labute approximate surface area is 213 Å². The van der Waals surface area contributed by atoms with Gasteiger partial charge in [-0.1, -0.05) is 23.7 Å². The molecule has 3 aromatic heterocycles. The Kier molecular flexibility index (Phi) is 6.62. The number of nitrogens with one attached hydrogen (secondary N) is 1. The second-order valence-electron chi connectivity index (χ2n) is 7.32. The van der Waals surface area contributed by atoms with E-state index in [-0.39, 0.29) is 23.1 Å². The highest BCUT2D eigenvalue weighted by Crippen LogP contribution is 2.29. The van der Waals surface area contributed by atoms with Crippen LogP contribution in [0, 0.1) is 0 Å². The Balaban J connectivity index is 0.00000289. The first kappa shape index (κ1) is 24.4. The molecule has 3 heterocycles. The van der Waals surface area contributed by atoms with Crippen molar-refractivity contribution in [1.82, 2.24) is 19.1 Å². The minimum absolute atomic E-state index is 0. The summed E-state index contributed by atoms with van der Waals surface area (Å²) in [6.45, 7) is 0. The fourth-order valence-corrected chi connectivity index (χ4v) is 4.63. The van der Waals surface area contributed by atoms with Gasteiger partial charge in [0.2, 0.25) is 0 Å². The molecule has 5 rings (SSSR count). The normalized spacial score (nSPS) is 10.8. The number of thiazole rings is 1. The molecule has 0 spiro atoms. The van der Waals surface area contributed by atoms with Gasteiger partial charge in [0.05, 0.1) is 31.1 Å². The van der Waals surface area contributed by atoms with E-state index in [0.29, 0.717) is 33.5 Å². The Morgan fingerprint density at radius 3 is 2.20 bits per heavy atom. The summed E-state index contributed by atoms with van der Waals surface area (Å²) in [6, 6.07) is 13.7. The maximum Gasteiger partial charge on any atom is 0.333 e. The van der Waals surface area contributed by atoms with Crippen molar-refractivity contribution in [2.24, 2.45) is 0 Å². The van der Waals surface area contributed by atoms with Gasteiger partial charge in [-0.25, -0.2) is 14.3 Å². The second kappa shape index (κ2) is 9.49. The van der Waals surface area contributed by atoms with Crippen LogP contribution in [-0.4, -0.2) is 33.3 Å². The standard InChI is InChI=1S/C23H18ClN5O4S.ClH/c1-32-15-7-14(8-16(9-15)33-2)29-21(30)20-17(27-23(29)31)10-19(24)28(20)13-5-3-12(4-6-13)18-11-34-22(25)26-18;/h3-11H,1-2H3,(H2,25,26)(H,27,31);1H. The van der Waals surface area contributed by atoms with Crippen LogP contribution >= 0.6 is 35.3 Å². The first-order valence-corrected chi connectivity index (χ1v) is 11.3. The minimum atomic E-state index is -0.613. The molecule has 12 heteroatoms. The van der Waals surface area contributed by atoms with E-state index < -0.39 is 11.2 Å². The summed E-state index contributed by atoms with van der Waals surface area (Å²) in [7, 11) is 2.98. The Hall–Kier alpha value is -3.73. The maximum absolute atomic E-state index is 13.6. The first-order chi connectivity index (χ1) is 16.4. The number of aromatic amines is 1. The molecule has 35 heavy (non-hydrogen) atoms. The lowest BCUT2D eigenvalue weighted by atomic mass is 10.1. The summed E-state index contributed by atoms with van der Waals surface area (Å²) < 4.78 is 13.2. The molecule has 180 valence electrons. The fraction of sp³-hybridized carbons (Fsp3) is 0.0870. The van der Waals surface area contributed by atoms with E-state index in [0.717, 1.165) is 15.8 Å². The van der Waals surface area contributed by atoms with E-state index in [1.807, 2.05) is 29.6 Å². The molecule has 0 atom stereocenters. The lowest BCUT2D eigenvalue weighted by Gasteiger charge is -2.11. The van der Waals surface area contributed by atoms with Crippen LogP contribution in [0.15, 0.2) is 63.5 Å². The second-order valence-corrected chi connectivity index (χ2v) is 8.60. The summed E-state index contributed by atoms with van der Waals surface area (Å²) >= 11 is 7.86. The van der Waals surface area contributed by atoms with Crippen LogP contribution < -0.4 is 26.5 Å². The Morgan fingerprint density at radius 2 is 1.63 bits per heavy atom. The maximum atomic E-state index is 13.6. The van der Waals surface area contributed by atoms with Gasteiger partial charge < -0.3 is 20.2 Å². The van der Waals surface area contributed by atoms with Crippen molar-refractivity contribution in [3.05, 3.63) is 79.9 Å². The zero-order valence-corrected chi connectivity index (χ0v) is 20.8. The molecule has 2 aromatic carbocycles. The predicted molar refractivity (Wildman–Crippen MR) is 140 cm³/mol. The summed E-state index contributed by atoms with van der Waals surface area (Å²) in [5, 5.41) is 2.63. The van der Waals surface area contributed by atoms with Gasteiger partial charge in [-0.3, -0.25) is 9.36 Å². The SMILES string of the molecule is COc1cc(OC)cc(-n2c(=O)[nH]c3cc(Cl)n(-c4ccc(-c5csc(N)n5)cc4)c3c2=O)c1.Cl. The molecule has 0 aliphatic carbocycles. The number of anilines is 1. The number of H-pyrrole nitrogens is 1. The van der Waals surface area contributed by atoms with Crippen molar-refractivity contribution in [3.8, 4) is 34.1 Å². The lowest BCUT2D eigenvalue weighted by Crippen LogP contribution is -2.34. The highest BCUT2D eigenvalue weighted by atomic mass is 35.5. The number of aromatic nitrogens is 4. The van der Waals surface area contributed by atoms with Crippen LogP contribution in [-0.2, 0) is 0 Å². The molecule has 0 aliphatic rings. The molecule has 0 aliphatic heterocycles. The number of halogens is 2. The molecular formula is C23H19Cl2N5O4S. The van der Waals surface area contributed by atoms with E-state index in [2.05, 4.69) is 9.97 Å². The topological polar surface area (TPSA) is 117 Å². The van der Waals surface area contributed by atoms with Crippen molar-refractivity contribution in [1.29, 1.82) is 0 Å². The third-order valence-electron chi connectivity index (χ3n) is 5.34. The predicted octanol–water partition coefficient (Wildman–Crippen LogP) is 4.27. The molecule has 0 bridgehead atoms. The fourth-order valence-electron chi connectivity index (χ4n) is 3.76. The number of ether oxygens (including phenoxy) is 2. The highest BCUT2D eigenvalue weighted by molar-refractivity contribution is 7.13. The molecule has 9 nitrogen and oxygen atoms in total. The number of nitrogens with two attached hydrogens (primary N) is 1. The number of fused-ring (bicyclic) bond motifs is 1. The molecule has 0 unspecified atom stereocenters. The van der Waals surface area contributed by atoms with Crippen molar-refractivity contribution < 1.29 is 9.47 Å². The van der Waals surface area contributed by atoms with Gasteiger partial charge in [0, 0.05) is 34.8 Å². The van der Waals surface area contributed by atoms with Gasteiger partial charge in [0.1, 0.15) is 22.2 Å². The van der Waals surface area contributed by atoms with E-state index in [4.69, 9.17) is 26.8 Å². The van der Waals surface area contributed by atoms with Gasteiger partial charge in [-0.15, -0.1) is 23.7 Å². The van der Waals surface area contributed by atoms with Gasteiger partial charge >= 0.3 is 5.69 Å². The largest absolute Gasteiger partial charge is 0.497 e. The zero-order valence-electron chi connectivity index (χ0n) is 18.4. The molecule has 0 saturated carbocycles. The van der Waals surface area contributed by atoms with Gasteiger partial charge in [0.25, 0.3) is 5.56 Å². The molecular weight excluding hydrogens is 513 g/mol. The van der Waals surface area contributed by atoms with Gasteiger partial charge in [0.15, 0.2) is 5.13 Å². The lowest BCUT2D eigenvalue weighted by molar-refractivity contribution is 0.394. The zero-order chi connectivity index (χ0) is 24.0. The number of hydrogen-bond acceptors (Lipinski definition) is 7. The molecule has 3 N–H and O–H groups in total. The average molecular weight is 532 g/mol. The number of nitrogen functional groups attached to an aromatic ring is 1. The van der Waals surface area contributed by atoms with Crippen molar-refractivity contribution in [2.45, 2.75) is 0 Å². The van der Waals surface area contributed by atoms with Crippen molar-refractivity contribution in [3.63, 3.8) is 0 Å².